The van der Waals surface area contributed by atoms with Crippen LogP contribution in [0.3, 0.4) is 0 Å². The van der Waals surface area contributed by atoms with E-state index < -0.39 is 17.4 Å². The number of carbonyl (C=O) groups is 2. The Balaban J connectivity index is 1.88. The maximum absolute atomic E-state index is 13.5. The molecule has 130 valence electrons. The first kappa shape index (κ1) is 16.7. The number of methoxy groups -OCH3 is 1. The molecule has 0 atom stereocenters. The van der Waals surface area contributed by atoms with Crippen LogP contribution < -0.4 is 19.7 Å². The summed E-state index contributed by atoms with van der Waals surface area (Å²) in [6.45, 7) is 3.24. The minimum Gasteiger partial charge on any atom is -0.494 e. The van der Waals surface area contributed by atoms with Crippen molar-refractivity contribution in [1.29, 1.82) is 0 Å². The number of nitrogens with zero attached hydrogens (tertiary/aromatic N) is 2. The third-order valence-corrected chi connectivity index (χ3v) is 3.68. The Bertz CT molecular complexity index is 854. The molecular weight excluding hydrogens is 329 g/mol. The highest BCUT2D eigenvalue weighted by atomic mass is 19.1. The second kappa shape index (κ2) is 6.04. The van der Waals surface area contributed by atoms with Crippen LogP contribution in [-0.2, 0) is 4.79 Å². The molecule has 25 heavy (non-hydrogen) atoms. The molecule has 0 spiro atoms. The second-order valence-corrected chi connectivity index (χ2v) is 5.95. The summed E-state index contributed by atoms with van der Waals surface area (Å²) in [5, 5.41) is 2.60. The normalized spacial score (nSPS) is 15.9. The number of pyridine rings is 1. The highest BCUT2D eigenvalue weighted by Gasteiger charge is 2.45. The maximum Gasteiger partial charge on any atom is 0.329 e. The lowest BCUT2D eigenvalue weighted by Gasteiger charge is -2.16. The van der Waals surface area contributed by atoms with Crippen molar-refractivity contribution in [1.82, 2.24) is 10.3 Å². The molecule has 1 N–H and O–H groups in total. The van der Waals surface area contributed by atoms with Crippen molar-refractivity contribution in [3.63, 3.8) is 0 Å². The number of ether oxygens (including phenoxy) is 2. The van der Waals surface area contributed by atoms with Crippen molar-refractivity contribution < 1.29 is 23.5 Å². The van der Waals surface area contributed by atoms with Crippen LogP contribution in [0.4, 0.5) is 14.9 Å². The number of amides is 3. The molecule has 1 fully saturated rings. The number of halogens is 1. The predicted octanol–water partition coefficient (Wildman–Crippen LogP) is 2.86. The van der Waals surface area contributed by atoms with Gasteiger partial charge >= 0.3 is 6.03 Å². The Hall–Kier alpha value is -3.16. The molecule has 1 aromatic heterocycles. The van der Waals surface area contributed by atoms with E-state index in [2.05, 4.69) is 10.3 Å². The first-order valence-corrected chi connectivity index (χ1v) is 7.46. The van der Waals surface area contributed by atoms with Crippen LogP contribution in [0.25, 0.3) is 0 Å². The Morgan fingerprint density at radius 1 is 1.20 bits per heavy atom. The number of benzene rings is 1. The molecule has 1 aromatic carbocycles. The van der Waals surface area contributed by atoms with Gasteiger partial charge in [0.05, 0.1) is 12.8 Å². The lowest BCUT2D eigenvalue weighted by molar-refractivity contribution is -0.121. The number of hydrogen-bond donors (Lipinski definition) is 1. The number of urea groups is 1. The van der Waals surface area contributed by atoms with E-state index in [1.807, 2.05) is 0 Å². The Morgan fingerprint density at radius 3 is 2.60 bits per heavy atom. The minimum atomic E-state index is -0.980. The zero-order valence-electron chi connectivity index (χ0n) is 13.9. The van der Waals surface area contributed by atoms with E-state index in [1.165, 1.54) is 43.6 Å². The number of carbonyl (C=O) groups excluding carboxylic acids is 2. The summed E-state index contributed by atoms with van der Waals surface area (Å²) < 4.78 is 23.9. The topological polar surface area (TPSA) is 80.8 Å². The molecule has 8 heteroatoms. The van der Waals surface area contributed by atoms with Crippen LogP contribution in [0, 0.1) is 5.82 Å². The molecule has 1 aliphatic heterocycles. The summed E-state index contributed by atoms with van der Waals surface area (Å²) in [4.78, 5) is 29.5. The number of anilines is 1. The quantitative estimate of drug-likeness (QED) is 0.862. The molecule has 0 radical (unpaired) electrons. The van der Waals surface area contributed by atoms with Gasteiger partial charge in [-0.15, -0.1) is 0 Å². The average molecular weight is 345 g/mol. The Kier molecular flexibility index (Phi) is 4.03. The van der Waals surface area contributed by atoms with Crippen LogP contribution in [0.5, 0.6) is 17.4 Å². The fourth-order valence-corrected chi connectivity index (χ4v) is 2.40. The molecule has 0 aliphatic carbocycles. The summed E-state index contributed by atoms with van der Waals surface area (Å²) in [6, 6.07) is 6.46. The van der Waals surface area contributed by atoms with Gasteiger partial charge < -0.3 is 14.8 Å². The number of hydrogen-bond acceptors (Lipinski definition) is 5. The third kappa shape index (κ3) is 3.10. The summed E-state index contributed by atoms with van der Waals surface area (Å²) in [7, 11) is 1.35. The molecule has 7 nitrogen and oxygen atoms in total. The first-order chi connectivity index (χ1) is 11.8. The smallest absolute Gasteiger partial charge is 0.329 e. The minimum absolute atomic E-state index is 0.0319. The van der Waals surface area contributed by atoms with Gasteiger partial charge in [0.2, 0.25) is 5.88 Å². The van der Waals surface area contributed by atoms with Gasteiger partial charge in [0.15, 0.2) is 11.6 Å². The summed E-state index contributed by atoms with van der Waals surface area (Å²) >= 11 is 0. The monoisotopic (exact) mass is 345 g/mol. The zero-order valence-corrected chi connectivity index (χ0v) is 13.9. The van der Waals surface area contributed by atoms with Gasteiger partial charge in [0.1, 0.15) is 11.3 Å². The van der Waals surface area contributed by atoms with E-state index in [-0.39, 0.29) is 17.5 Å². The maximum atomic E-state index is 13.5. The van der Waals surface area contributed by atoms with Gasteiger partial charge in [0.25, 0.3) is 5.91 Å². The molecule has 1 saturated heterocycles. The van der Waals surface area contributed by atoms with Crippen molar-refractivity contribution >= 4 is 17.6 Å². The van der Waals surface area contributed by atoms with E-state index in [1.54, 1.807) is 13.8 Å². The molecule has 0 saturated carbocycles. The van der Waals surface area contributed by atoms with Crippen molar-refractivity contribution in [2.75, 3.05) is 12.0 Å². The summed E-state index contributed by atoms with van der Waals surface area (Å²) in [5.74, 6) is -0.405. The fourth-order valence-electron chi connectivity index (χ4n) is 2.40. The summed E-state index contributed by atoms with van der Waals surface area (Å²) in [5.41, 5.74) is -0.654. The van der Waals surface area contributed by atoms with Crippen molar-refractivity contribution in [3.8, 4) is 17.4 Å². The van der Waals surface area contributed by atoms with Gasteiger partial charge in [-0.2, -0.15) is 0 Å². The number of nitrogens with one attached hydrogen (secondary N) is 1. The zero-order chi connectivity index (χ0) is 18.2. The first-order valence-electron chi connectivity index (χ1n) is 7.46. The van der Waals surface area contributed by atoms with E-state index in [0.29, 0.717) is 11.4 Å². The fraction of sp³-hybridized carbons (Fsp3) is 0.235. The molecule has 3 amide bonds. The van der Waals surface area contributed by atoms with E-state index in [9.17, 15) is 14.0 Å². The highest BCUT2D eigenvalue weighted by Crippen LogP contribution is 2.30. The SMILES string of the molecule is COc1cc(Oc2cc(N3C(=O)NC(C)(C)C3=O)ccn2)ccc1F. The van der Waals surface area contributed by atoms with Gasteiger partial charge in [-0.3, -0.25) is 4.79 Å². The van der Waals surface area contributed by atoms with E-state index in [0.717, 1.165) is 4.90 Å². The van der Waals surface area contributed by atoms with Crippen LogP contribution in [0.15, 0.2) is 36.5 Å². The van der Waals surface area contributed by atoms with Crippen LogP contribution in [0.2, 0.25) is 0 Å². The van der Waals surface area contributed by atoms with Crippen molar-refractivity contribution in [3.05, 3.63) is 42.3 Å². The molecule has 3 rings (SSSR count). The molecular formula is C17H16FN3O4. The molecule has 2 heterocycles. The lowest BCUT2D eigenvalue weighted by Crippen LogP contribution is -2.40. The average Bonchev–Trinajstić information content (AvgIpc) is 2.77. The van der Waals surface area contributed by atoms with Crippen molar-refractivity contribution in [2.45, 2.75) is 19.4 Å². The van der Waals surface area contributed by atoms with Gasteiger partial charge in [-0.25, -0.2) is 19.1 Å². The number of rotatable bonds is 4. The van der Waals surface area contributed by atoms with Gasteiger partial charge in [-0.05, 0) is 32.0 Å². The third-order valence-electron chi connectivity index (χ3n) is 3.68. The van der Waals surface area contributed by atoms with Gasteiger partial charge in [-0.1, -0.05) is 0 Å². The van der Waals surface area contributed by atoms with Crippen LogP contribution in [0.1, 0.15) is 13.8 Å². The van der Waals surface area contributed by atoms with Gasteiger partial charge in [0, 0.05) is 18.3 Å². The van der Waals surface area contributed by atoms with E-state index >= 15 is 0 Å². The van der Waals surface area contributed by atoms with E-state index in [4.69, 9.17) is 9.47 Å². The molecule has 0 unspecified atom stereocenters. The Labute approximate surface area is 143 Å². The molecule has 0 bridgehead atoms. The number of aromatic nitrogens is 1. The van der Waals surface area contributed by atoms with Crippen LogP contribution >= 0.6 is 0 Å². The van der Waals surface area contributed by atoms with Crippen molar-refractivity contribution in [2.24, 2.45) is 0 Å². The lowest BCUT2D eigenvalue weighted by atomic mass is 10.1. The standard InChI is InChI=1S/C17H16FN3O4/c1-17(2)15(22)21(16(23)20-17)10-6-7-19-14(8-10)25-11-4-5-12(18)13(9-11)24-3/h4-9H,1-3H3,(H,20,23). The molecule has 2 aromatic rings. The molecule has 1 aliphatic rings. The summed E-state index contributed by atoms with van der Waals surface area (Å²) in [6.07, 6.45) is 1.41. The van der Waals surface area contributed by atoms with Crippen LogP contribution in [-0.4, -0.2) is 29.6 Å². The predicted molar refractivity (Wildman–Crippen MR) is 87.4 cm³/mol. The second-order valence-electron chi connectivity index (χ2n) is 5.95. The number of imide groups is 1. The Morgan fingerprint density at radius 2 is 1.96 bits per heavy atom. The largest absolute Gasteiger partial charge is 0.494 e. The highest BCUT2D eigenvalue weighted by molar-refractivity contribution is 6.23.